The summed E-state index contributed by atoms with van der Waals surface area (Å²) in [7, 11) is 0. The molecule has 0 aliphatic carbocycles. The molecule has 0 bridgehead atoms. The number of aliphatic hydroxyl groups is 5. The Bertz CT molecular complexity index is 485. The van der Waals surface area contributed by atoms with Gasteiger partial charge in [-0.3, -0.25) is 9.59 Å². The fourth-order valence-corrected chi connectivity index (χ4v) is 3.43. The predicted octanol–water partition coefficient (Wildman–Crippen LogP) is 2.40. The van der Waals surface area contributed by atoms with E-state index in [4.69, 9.17) is 4.74 Å². The van der Waals surface area contributed by atoms with E-state index in [9.17, 15) is 35.1 Å². The molecule has 5 atom stereocenters. The molecule has 8 heteroatoms. The minimum atomic E-state index is -1.97. The largest absolute Gasteiger partial charge is 0.463 e. The van der Waals surface area contributed by atoms with Crippen LogP contribution in [0.4, 0.5) is 0 Å². The number of Topliss-reactive ketones (excluding diaryl/α,β-unsaturated/α-hetero) is 1. The molecule has 0 radical (unpaired) electrons. The lowest BCUT2D eigenvalue weighted by atomic mass is 9.95. The molecular formula is C24H46O8. The number of hydrogen-bond acceptors (Lipinski definition) is 8. The van der Waals surface area contributed by atoms with E-state index >= 15 is 0 Å². The average molecular weight is 463 g/mol. The number of carbonyl (C=O) groups is 2. The Morgan fingerprint density at radius 3 is 1.62 bits per heavy atom. The number of esters is 1. The Kier molecular flexibility index (Phi) is 18.8. The van der Waals surface area contributed by atoms with Gasteiger partial charge in [0.05, 0.1) is 0 Å². The zero-order valence-corrected chi connectivity index (χ0v) is 20.0. The van der Waals surface area contributed by atoms with Crippen LogP contribution in [-0.2, 0) is 14.3 Å². The molecule has 0 rings (SSSR count). The summed E-state index contributed by atoms with van der Waals surface area (Å²) in [5.74, 6) is -1.14. The van der Waals surface area contributed by atoms with Gasteiger partial charge >= 0.3 is 5.97 Å². The molecule has 0 aliphatic heterocycles. The molecule has 1 unspecified atom stereocenters. The van der Waals surface area contributed by atoms with Gasteiger partial charge in [-0.05, 0) is 12.8 Å². The number of ketones is 1. The topological polar surface area (TPSA) is 145 Å². The van der Waals surface area contributed by atoms with Gasteiger partial charge in [-0.1, -0.05) is 78.1 Å². The molecule has 0 fully saturated rings. The molecule has 0 aliphatic rings. The van der Waals surface area contributed by atoms with Gasteiger partial charge in [0.1, 0.15) is 37.1 Å². The van der Waals surface area contributed by atoms with Crippen LogP contribution in [0.3, 0.4) is 0 Å². The highest BCUT2D eigenvalue weighted by molar-refractivity contribution is 5.83. The van der Waals surface area contributed by atoms with E-state index in [1.807, 2.05) is 0 Å². The van der Waals surface area contributed by atoms with E-state index < -0.39 is 48.9 Å². The first-order chi connectivity index (χ1) is 15.3. The van der Waals surface area contributed by atoms with E-state index in [1.165, 1.54) is 6.42 Å². The molecule has 0 heterocycles. The molecule has 0 saturated carbocycles. The summed E-state index contributed by atoms with van der Waals surface area (Å²) in [6.45, 7) is 3.68. The van der Waals surface area contributed by atoms with Crippen molar-refractivity contribution < 1.29 is 39.9 Å². The van der Waals surface area contributed by atoms with Gasteiger partial charge < -0.3 is 30.3 Å². The molecule has 0 spiro atoms. The van der Waals surface area contributed by atoms with Crippen molar-refractivity contribution in [1.29, 1.82) is 0 Å². The Hall–Kier alpha value is -1.06. The molecule has 0 amide bonds. The van der Waals surface area contributed by atoms with E-state index in [0.29, 0.717) is 12.8 Å². The van der Waals surface area contributed by atoms with Gasteiger partial charge in [-0.15, -0.1) is 0 Å². The lowest BCUT2D eigenvalue weighted by molar-refractivity contribution is -0.163. The first kappa shape index (κ1) is 30.9. The molecule has 8 nitrogen and oxygen atoms in total. The molecule has 190 valence electrons. The zero-order valence-electron chi connectivity index (χ0n) is 20.0. The van der Waals surface area contributed by atoms with Crippen molar-refractivity contribution in [2.24, 2.45) is 0 Å². The summed E-state index contributed by atoms with van der Waals surface area (Å²) in [6.07, 6.45) is 2.75. The number of ether oxygens (including phenoxy) is 1. The van der Waals surface area contributed by atoms with E-state index in [2.05, 4.69) is 13.8 Å². The highest BCUT2D eigenvalue weighted by Crippen LogP contribution is 2.14. The van der Waals surface area contributed by atoms with Gasteiger partial charge in [0.25, 0.3) is 0 Å². The Balaban J connectivity index is 4.20. The van der Waals surface area contributed by atoms with Crippen LogP contribution < -0.4 is 0 Å². The smallest absolute Gasteiger partial charge is 0.305 e. The third-order valence-electron chi connectivity index (χ3n) is 5.67. The van der Waals surface area contributed by atoms with Crippen LogP contribution in [0.1, 0.15) is 104 Å². The Morgan fingerprint density at radius 2 is 1.09 bits per heavy atom. The standard InChI is InChI=1S/C24H46O8/c1-3-5-7-9-11-13-15-18(25)21(28)23(30)24(31)22(29)19(26)17-32-20(27)16-14-12-10-8-6-4-2/h19,21-24,26,28-31H,3-17H2,1-2H3/t19-,21?,22-,23+,24+/m1/s1. The van der Waals surface area contributed by atoms with E-state index in [0.717, 1.165) is 57.8 Å². The third kappa shape index (κ3) is 14.2. The van der Waals surface area contributed by atoms with Crippen LogP contribution in [0.5, 0.6) is 0 Å². The Labute approximate surface area is 193 Å². The molecule has 5 N–H and O–H groups in total. The first-order valence-electron chi connectivity index (χ1n) is 12.3. The highest BCUT2D eigenvalue weighted by atomic mass is 16.5. The maximum absolute atomic E-state index is 12.0. The van der Waals surface area contributed by atoms with Gasteiger partial charge in [-0.25, -0.2) is 0 Å². The van der Waals surface area contributed by atoms with Crippen molar-refractivity contribution in [2.45, 2.75) is 134 Å². The minimum absolute atomic E-state index is 0.0613. The molecular weight excluding hydrogens is 416 g/mol. The predicted molar refractivity (Wildman–Crippen MR) is 122 cm³/mol. The number of hydrogen-bond donors (Lipinski definition) is 5. The zero-order chi connectivity index (χ0) is 24.4. The summed E-state index contributed by atoms with van der Waals surface area (Å²) >= 11 is 0. The van der Waals surface area contributed by atoms with Gasteiger partial charge in [0, 0.05) is 12.8 Å². The molecule has 0 aromatic rings. The molecule has 0 aromatic heterocycles. The van der Waals surface area contributed by atoms with Crippen LogP contribution in [0.15, 0.2) is 0 Å². The van der Waals surface area contributed by atoms with Crippen LogP contribution in [0.25, 0.3) is 0 Å². The highest BCUT2D eigenvalue weighted by Gasteiger charge is 2.37. The summed E-state index contributed by atoms with van der Waals surface area (Å²) in [4.78, 5) is 23.8. The summed E-state index contributed by atoms with van der Waals surface area (Å²) in [5.41, 5.74) is 0. The normalized spacial score (nSPS) is 16.2. The number of rotatable bonds is 21. The molecule has 0 saturated heterocycles. The fraction of sp³-hybridized carbons (Fsp3) is 0.917. The molecule has 32 heavy (non-hydrogen) atoms. The summed E-state index contributed by atoms with van der Waals surface area (Å²) < 4.78 is 4.91. The second-order valence-corrected chi connectivity index (χ2v) is 8.67. The van der Waals surface area contributed by atoms with Crippen molar-refractivity contribution in [3.05, 3.63) is 0 Å². The summed E-state index contributed by atoms with van der Waals surface area (Å²) in [6, 6.07) is 0. The van der Waals surface area contributed by atoms with Crippen LogP contribution in [-0.4, -0.2) is 74.4 Å². The van der Waals surface area contributed by atoms with Gasteiger partial charge in [-0.2, -0.15) is 0 Å². The third-order valence-corrected chi connectivity index (χ3v) is 5.67. The number of unbranched alkanes of at least 4 members (excludes halogenated alkanes) is 10. The lowest BCUT2D eigenvalue weighted by Gasteiger charge is -2.28. The number of aliphatic hydroxyl groups excluding tert-OH is 5. The minimum Gasteiger partial charge on any atom is -0.463 e. The molecule has 0 aromatic carbocycles. The maximum atomic E-state index is 12.0. The van der Waals surface area contributed by atoms with Crippen molar-refractivity contribution in [3.63, 3.8) is 0 Å². The monoisotopic (exact) mass is 462 g/mol. The van der Waals surface area contributed by atoms with Crippen LogP contribution >= 0.6 is 0 Å². The maximum Gasteiger partial charge on any atom is 0.305 e. The van der Waals surface area contributed by atoms with Crippen LogP contribution in [0, 0.1) is 0 Å². The van der Waals surface area contributed by atoms with Gasteiger partial charge in [0.15, 0.2) is 5.78 Å². The second-order valence-electron chi connectivity index (χ2n) is 8.67. The quantitative estimate of drug-likeness (QED) is 0.129. The lowest BCUT2D eigenvalue weighted by Crippen LogP contribution is -2.52. The van der Waals surface area contributed by atoms with Crippen molar-refractivity contribution in [1.82, 2.24) is 0 Å². The van der Waals surface area contributed by atoms with Crippen molar-refractivity contribution in [3.8, 4) is 0 Å². The fourth-order valence-electron chi connectivity index (χ4n) is 3.43. The SMILES string of the molecule is CCCCCCCCC(=O)OC[C@@H](O)[C@@H](O)[C@H](O)[C@@H](O)C(O)C(=O)CCCCCCCC. The number of carbonyl (C=O) groups excluding carboxylic acids is 2. The van der Waals surface area contributed by atoms with Crippen molar-refractivity contribution in [2.75, 3.05) is 6.61 Å². The summed E-state index contributed by atoms with van der Waals surface area (Å²) in [5, 5.41) is 50.0. The average Bonchev–Trinajstić information content (AvgIpc) is 2.79. The first-order valence-corrected chi connectivity index (χ1v) is 12.3. The van der Waals surface area contributed by atoms with E-state index in [-0.39, 0.29) is 12.8 Å². The van der Waals surface area contributed by atoms with E-state index in [1.54, 1.807) is 0 Å². The Morgan fingerprint density at radius 1 is 0.625 bits per heavy atom. The van der Waals surface area contributed by atoms with Gasteiger partial charge in [0.2, 0.25) is 0 Å². The van der Waals surface area contributed by atoms with Crippen molar-refractivity contribution >= 4 is 11.8 Å². The van der Waals surface area contributed by atoms with Crippen LogP contribution in [0.2, 0.25) is 0 Å². The second kappa shape index (κ2) is 19.4.